The summed E-state index contributed by atoms with van der Waals surface area (Å²) >= 11 is 0. The summed E-state index contributed by atoms with van der Waals surface area (Å²) in [4.78, 5) is 2.47. The quantitative estimate of drug-likeness (QED) is 0.688. The van der Waals surface area contributed by atoms with Crippen LogP contribution in [0, 0.1) is 18.3 Å². The minimum absolute atomic E-state index is 0.314. The molecule has 84 valence electrons. The lowest BCUT2D eigenvalue weighted by molar-refractivity contribution is 0.136. The first-order chi connectivity index (χ1) is 7.31. The van der Waals surface area contributed by atoms with Gasteiger partial charge in [0.05, 0.1) is 6.04 Å². The fourth-order valence-corrected chi connectivity index (χ4v) is 2.94. The summed E-state index contributed by atoms with van der Waals surface area (Å²) in [5, 5.41) is 3.63. The molecular weight excluding hydrogens is 184 g/mol. The highest BCUT2D eigenvalue weighted by Crippen LogP contribution is 2.25. The van der Waals surface area contributed by atoms with Crippen LogP contribution < -0.4 is 5.32 Å². The van der Waals surface area contributed by atoms with Crippen molar-refractivity contribution >= 4 is 0 Å². The molecule has 0 saturated carbocycles. The Hall–Kier alpha value is -0.520. The number of terminal acetylenes is 1. The maximum atomic E-state index is 5.49. The van der Waals surface area contributed by atoms with Gasteiger partial charge in [-0.05, 0) is 51.6 Å². The van der Waals surface area contributed by atoms with Crippen LogP contribution >= 0.6 is 0 Å². The molecule has 2 rings (SSSR count). The molecule has 2 aliphatic heterocycles. The van der Waals surface area contributed by atoms with E-state index in [-0.39, 0.29) is 0 Å². The summed E-state index contributed by atoms with van der Waals surface area (Å²) < 4.78 is 0. The van der Waals surface area contributed by atoms with E-state index in [2.05, 4.69) is 23.1 Å². The number of hydrogen-bond acceptors (Lipinski definition) is 2. The van der Waals surface area contributed by atoms with E-state index < -0.39 is 0 Å². The second-order valence-corrected chi connectivity index (χ2v) is 4.94. The van der Waals surface area contributed by atoms with Crippen LogP contribution in [0.3, 0.4) is 0 Å². The van der Waals surface area contributed by atoms with E-state index in [0.717, 1.165) is 12.0 Å². The standard InChI is InChI=1S/C13H22N2/c1-3-11(2)15-9-5-6-12(10-15)13-7-4-8-14-13/h1,11-14H,4-10H2,2H3. The Kier molecular flexibility index (Phi) is 3.66. The highest BCUT2D eigenvalue weighted by molar-refractivity contribution is 4.99. The van der Waals surface area contributed by atoms with Crippen LogP contribution in [-0.2, 0) is 0 Å². The summed E-state index contributed by atoms with van der Waals surface area (Å²) in [7, 11) is 0. The van der Waals surface area contributed by atoms with E-state index >= 15 is 0 Å². The van der Waals surface area contributed by atoms with E-state index in [0.29, 0.717) is 6.04 Å². The number of hydrogen-bond donors (Lipinski definition) is 1. The van der Waals surface area contributed by atoms with Gasteiger partial charge in [-0.15, -0.1) is 6.42 Å². The second-order valence-electron chi connectivity index (χ2n) is 4.94. The first-order valence-corrected chi connectivity index (χ1v) is 6.25. The second kappa shape index (κ2) is 5.01. The van der Waals surface area contributed by atoms with Crippen molar-refractivity contribution in [3.05, 3.63) is 0 Å². The largest absolute Gasteiger partial charge is 0.314 e. The maximum absolute atomic E-state index is 5.49. The number of piperidine rings is 1. The summed E-state index contributed by atoms with van der Waals surface area (Å²) in [5.41, 5.74) is 0. The van der Waals surface area contributed by atoms with Crippen molar-refractivity contribution in [2.75, 3.05) is 19.6 Å². The van der Waals surface area contributed by atoms with Gasteiger partial charge >= 0.3 is 0 Å². The Balaban J connectivity index is 1.89. The van der Waals surface area contributed by atoms with Gasteiger partial charge in [-0.2, -0.15) is 0 Å². The predicted octanol–water partition coefficient (Wildman–Crippen LogP) is 1.47. The zero-order valence-electron chi connectivity index (χ0n) is 9.71. The first kappa shape index (κ1) is 11.0. The summed E-state index contributed by atoms with van der Waals surface area (Å²) in [6, 6.07) is 1.08. The monoisotopic (exact) mass is 206 g/mol. The lowest BCUT2D eigenvalue weighted by atomic mass is 9.89. The van der Waals surface area contributed by atoms with Gasteiger partial charge < -0.3 is 5.32 Å². The predicted molar refractivity (Wildman–Crippen MR) is 63.6 cm³/mol. The third kappa shape index (κ3) is 2.53. The average molecular weight is 206 g/mol. The molecule has 2 aliphatic rings. The first-order valence-electron chi connectivity index (χ1n) is 6.25. The Morgan fingerprint density at radius 2 is 2.27 bits per heavy atom. The van der Waals surface area contributed by atoms with Crippen LogP contribution in [0.1, 0.15) is 32.6 Å². The van der Waals surface area contributed by atoms with Crippen molar-refractivity contribution in [1.29, 1.82) is 0 Å². The molecule has 2 nitrogen and oxygen atoms in total. The molecule has 3 unspecified atom stereocenters. The molecule has 0 aromatic carbocycles. The maximum Gasteiger partial charge on any atom is 0.0683 e. The Morgan fingerprint density at radius 3 is 2.93 bits per heavy atom. The van der Waals surface area contributed by atoms with Crippen LogP contribution in [-0.4, -0.2) is 36.6 Å². The van der Waals surface area contributed by atoms with Crippen molar-refractivity contribution in [3.8, 4) is 12.3 Å². The summed E-state index contributed by atoms with van der Waals surface area (Å²) in [5.74, 6) is 3.68. The number of rotatable bonds is 2. The summed E-state index contributed by atoms with van der Waals surface area (Å²) in [6.45, 7) is 5.74. The minimum atomic E-state index is 0.314. The van der Waals surface area contributed by atoms with Crippen LogP contribution in [0.25, 0.3) is 0 Å². The molecule has 2 heterocycles. The number of likely N-dealkylation sites (tertiary alicyclic amines) is 1. The molecule has 0 amide bonds. The minimum Gasteiger partial charge on any atom is -0.314 e. The van der Waals surface area contributed by atoms with Gasteiger partial charge in [-0.1, -0.05) is 5.92 Å². The zero-order valence-corrected chi connectivity index (χ0v) is 9.71. The van der Waals surface area contributed by atoms with Gasteiger partial charge in [-0.25, -0.2) is 0 Å². The van der Waals surface area contributed by atoms with Crippen molar-refractivity contribution in [1.82, 2.24) is 10.2 Å². The Morgan fingerprint density at radius 1 is 1.40 bits per heavy atom. The Labute approximate surface area is 93.4 Å². The van der Waals surface area contributed by atoms with Crippen LogP contribution in [0.2, 0.25) is 0 Å². The van der Waals surface area contributed by atoms with Gasteiger partial charge in [0.25, 0.3) is 0 Å². The molecule has 2 fully saturated rings. The third-order valence-electron chi connectivity index (χ3n) is 3.95. The molecule has 0 radical (unpaired) electrons. The van der Waals surface area contributed by atoms with E-state index in [1.165, 1.54) is 45.3 Å². The SMILES string of the molecule is C#CC(C)N1CCCC(C2CCCN2)C1. The van der Waals surface area contributed by atoms with E-state index in [4.69, 9.17) is 6.42 Å². The zero-order chi connectivity index (χ0) is 10.7. The fourth-order valence-electron chi connectivity index (χ4n) is 2.94. The fraction of sp³-hybridized carbons (Fsp3) is 0.846. The smallest absolute Gasteiger partial charge is 0.0683 e. The van der Waals surface area contributed by atoms with Gasteiger partial charge in [-0.3, -0.25) is 4.90 Å². The van der Waals surface area contributed by atoms with E-state index in [1.807, 2.05) is 0 Å². The summed E-state index contributed by atoms with van der Waals surface area (Å²) in [6.07, 6.45) is 10.9. The molecule has 1 N–H and O–H groups in total. The molecule has 0 aliphatic carbocycles. The normalized spacial score (nSPS) is 34.9. The lowest BCUT2D eigenvalue weighted by Crippen LogP contribution is -2.46. The van der Waals surface area contributed by atoms with Crippen molar-refractivity contribution < 1.29 is 0 Å². The van der Waals surface area contributed by atoms with E-state index in [9.17, 15) is 0 Å². The van der Waals surface area contributed by atoms with Crippen molar-refractivity contribution in [3.63, 3.8) is 0 Å². The van der Waals surface area contributed by atoms with Gasteiger partial charge in [0, 0.05) is 12.6 Å². The van der Waals surface area contributed by atoms with Gasteiger partial charge in [0.15, 0.2) is 0 Å². The van der Waals surface area contributed by atoms with Crippen molar-refractivity contribution in [2.45, 2.75) is 44.7 Å². The molecule has 0 aromatic rings. The average Bonchev–Trinajstić information content (AvgIpc) is 2.82. The molecule has 2 saturated heterocycles. The third-order valence-corrected chi connectivity index (χ3v) is 3.95. The van der Waals surface area contributed by atoms with Gasteiger partial charge in [0.1, 0.15) is 0 Å². The molecule has 0 aromatic heterocycles. The molecular formula is C13H22N2. The van der Waals surface area contributed by atoms with E-state index in [1.54, 1.807) is 0 Å². The van der Waals surface area contributed by atoms with Gasteiger partial charge in [0.2, 0.25) is 0 Å². The Bertz CT molecular complexity index is 237. The molecule has 0 spiro atoms. The number of nitrogens with zero attached hydrogens (tertiary/aromatic N) is 1. The highest BCUT2D eigenvalue weighted by atomic mass is 15.2. The van der Waals surface area contributed by atoms with Crippen LogP contribution in [0.4, 0.5) is 0 Å². The molecule has 2 heteroatoms. The lowest BCUT2D eigenvalue weighted by Gasteiger charge is -2.37. The molecule has 3 atom stereocenters. The number of nitrogens with one attached hydrogen (secondary N) is 1. The molecule has 15 heavy (non-hydrogen) atoms. The van der Waals surface area contributed by atoms with Crippen LogP contribution in [0.15, 0.2) is 0 Å². The highest BCUT2D eigenvalue weighted by Gasteiger charge is 2.30. The van der Waals surface area contributed by atoms with Crippen molar-refractivity contribution in [2.24, 2.45) is 5.92 Å². The molecule has 0 bridgehead atoms. The van der Waals surface area contributed by atoms with Crippen LogP contribution in [0.5, 0.6) is 0 Å². The topological polar surface area (TPSA) is 15.3 Å².